The van der Waals surface area contributed by atoms with Crippen molar-refractivity contribution >= 4 is 12.0 Å². The van der Waals surface area contributed by atoms with E-state index in [-0.39, 0.29) is 11.3 Å². The SMILES string of the molecule is CC(C)(C)c1ccc(/C=C/C(=O)NCCCN2CCCCCC2)cc1. The summed E-state index contributed by atoms with van der Waals surface area (Å²) >= 11 is 0. The molecule has 1 aliphatic rings. The topological polar surface area (TPSA) is 32.3 Å². The van der Waals surface area contributed by atoms with Crippen LogP contribution in [-0.4, -0.2) is 37.0 Å². The van der Waals surface area contributed by atoms with Gasteiger partial charge in [0.2, 0.25) is 5.91 Å². The highest BCUT2D eigenvalue weighted by Gasteiger charge is 2.12. The second-order valence-electron chi connectivity index (χ2n) is 8.11. The van der Waals surface area contributed by atoms with Gasteiger partial charge in [0, 0.05) is 12.6 Å². The molecule has 1 fully saturated rings. The Bertz CT molecular complexity index is 546. The minimum Gasteiger partial charge on any atom is -0.353 e. The van der Waals surface area contributed by atoms with Gasteiger partial charge in [0.1, 0.15) is 0 Å². The number of nitrogens with one attached hydrogen (secondary N) is 1. The smallest absolute Gasteiger partial charge is 0.243 e. The van der Waals surface area contributed by atoms with E-state index in [1.54, 1.807) is 6.08 Å². The minimum absolute atomic E-state index is 0.00392. The van der Waals surface area contributed by atoms with Crippen LogP contribution in [0.1, 0.15) is 64.0 Å². The van der Waals surface area contributed by atoms with Crippen molar-refractivity contribution in [3.63, 3.8) is 0 Å². The van der Waals surface area contributed by atoms with E-state index in [9.17, 15) is 4.79 Å². The third kappa shape index (κ3) is 7.43. The average Bonchev–Trinajstić information content (AvgIpc) is 2.85. The molecule has 1 heterocycles. The van der Waals surface area contributed by atoms with E-state index in [1.807, 2.05) is 6.08 Å². The van der Waals surface area contributed by atoms with Crippen molar-refractivity contribution in [1.82, 2.24) is 10.2 Å². The van der Waals surface area contributed by atoms with Gasteiger partial charge >= 0.3 is 0 Å². The first-order valence-electron chi connectivity index (χ1n) is 9.74. The van der Waals surface area contributed by atoms with Crippen LogP contribution in [0.4, 0.5) is 0 Å². The van der Waals surface area contributed by atoms with Crippen LogP contribution in [0, 0.1) is 0 Å². The predicted octanol–water partition coefficient (Wildman–Crippen LogP) is 4.38. The van der Waals surface area contributed by atoms with Crippen LogP contribution in [0.15, 0.2) is 30.3 Å². The first kappa shape index (κ1) is 19.7. The van der Waals surface area contributed by atoms with Crippen LogP contribution in [-0.2, 0) is 10.2 Å². The maximum Gasteiger partial charge on any atom is 0.243 e. The zero-order valence-electron chi connectivity index (χ0n) is 16.2. The Balaban J connectivity index is 1.68. The number of hydrogen-bond acceptors (Lipinski definition) is 2. The van der Waals surface area contributed by atoms with Gasteiger partial charge < -0.3 is 10.2 Å². The summed E-state index contributed by atoms with van der Waals surface area (Å²) in [6.45, 7) is 10.9. The third-order valence-corrected chi connectivity index (χ3v) is 4.85. The lowest BCUT2D eigenvalue weighted by atomic mass is 9.87. The van der Waals surface area contributed by atoms with Crippen molar-refractivity contribution in [2.24, 2.45) is 0 Å². The van der Waals surface area contributed by atoms with Crippen molar-refractivity contribution < 1.29 is 4.79 Å². The molecule has 1 N–H and O–H groups in total. The molecule has 0 atom stereocenters. The van der Waals surface area contributed by atoms with E-state index in [2.05, 4.69) is 55.3 Å². The molecule has 1 aromatic rings. The summed E-state index contributed by atoms with van der Waals surface area (Å²) in [5.74, 6) is -0.00392. The number of amides is 1. The van der Waals surface area contributed by atoms with Crippen LogP contribution in [0.2, 0.25) is 0 Å². The van der Waals surface area contributed by atoms with Crippen molar-refractivity contribution in [1.29, 1.82) is 0 Å². The maximum absolute atomic E-state index is 11.9. The van der Waals surface area contributed by atoms with Gasteiger partial charge in [-0.1, -0.05) is 57.9 Å². The number of likely N-dealkylation sites (tertiary alicyclic amines) is 1. The lowest BCUT2D eigenvalue weighted by Gasteiger charge is -2.19. The molecule has 138 valence electrons. The molecule has 1 aliphatic heterocycles. The second-order valence-corrected chi connectivity index (χ2v) is 8.11. The van der Waals surface area contributed by atoms with Gasteiger partial charge in [-0.2, -0.15) is 0 Å². The molecule has 0 aromatic heterocycles. The summed E-state index contributed by atoms with van der Waals surface area (Å²) in [5, 5.41) is 2.99. The zero-order valence-corrected chi connectivity index (χ0v) is 16.2. The molecule has 25 heavy (non-hydrogen) atoms. The first-order chi connectivity index (χ1) is 11.9. The van der Waals surface area contributed by atoms with Crippen LogP contribution >= 0.6 is 0 Å². The van der Waals surface area contributed by atoms with E-state index < -0.39 is 0 Å². The van der Waals surface area contributed by atoms with Gasteiger partial charge in [0.15, 0.2) is 0 Å². The number of carbonyl (C=O) groups is 1. The van der Waals surface area contributed by atoms with Gasteiger partial charge in [-0.25, -0.2) is 0 Å². The predicted molar refractivity (Wildman–Crippen MR) is 107 cm³/mol. The van der Waals surface area contributed by atoms with Crippen LogP contribution in [0.3, 0.4) is 0 Å². The minimum atomic E-state index is -0.00392. The van der Waals surface area contributed by atoms with E-state index in [4.69, 9.17) is 0 Å². The quantitative estimate of drug-likeness (QED) is 0.614. The van der Waals surface area contributed by atoms with Crippen molar-refractivity contribution in [2.45, 2.75) is 58.3 Å². The summed E-state index contributed by atoms with van der Waals surface area (Å²) in [4.78, 5) is 14.5. The van der Waals surface area contributed by atoms with E-state index in [0.717, 1.165) is 25.1 Å². The molecule has 1 amide bonds. The summed E-state index contributed by atoms with van der Waals surface area (Å²) in [6.07, 6.45) is 9.93. The normalized spacial score (nSPS) is 16.8. The van der Waals surface area contributed by atoms with E-state index in [1.165, 1.54) is 44.3 Å². The van der Waals surface area contributed by atoms with Crippen LogP contribution in [0.5, 0.6) is 0 Å². The number of hydrogen-bond donors (Lipinski definition) is 1. The first-order valence-corrected chi connectivity index (χ1v) is 9.74. The van der Waals surface area contributed by atoms with Crippen LogP contribution < -0.4 is 5.32 Å². The molecule has 1 aromatic carbocycles. The second kappa shape index (κ2) is 9.76. The summed E-state index contributed by atoms with van der Waals surface area (Å²) in [7, 11) is 0. The molecule has 3 nitrogen and oxygen atoms in total. The Hall–Kier alpha value is -1.61. The Morgan fingerprint density at radius 2 is 1.72 bits per heavy atom. The number of rotatable bonds is 6. The molecule has 1 saturated heterocycles. The van der Waals surface area contributed by atoms with Gasteiger partial charge in [-0.15, -0.1) is 0 Å². The molecule has 0 bridgehead atoms. The highest BCUT2D eigenvalue weighted by molar-refractivity contribution is 5.91. The fourth-order valence-corrected chi connectivity index (χ4v) is 3.20. The number of carbonyl (C=O) groups excluding carboxylic acids is 1. The van der Waals surface area contributed by atoms with Gasteiger partial charge in [0.25, 0.3) is 0 Å². The molecule has 2 rings (SSSR count). The Morgan fingerprint density at radius 1 is 1.08 bits per heavy atom. The maximum atomic E-state index is 11.9. The Kier molecular flexibility index (Phi) is 7.70. The Labute approximate surface area is 153 Å². The van der Waals surface area contributed by atoms with E-state index >= 15 is 0 Å². The number of benzene rings is 1. The highest BCUT2D eigenvalue weighted by atomic mass is 16.1. The molecule has 0 spiro atoms. The fourth-order valence-electron chi connectivity index (χ4n) is 3.20. The van der Waals surface area contributed by atoms with Gasteiger partial charge in [-0.05, 0) is 61.5 Å². The molecule has 0 unspecified atom stereocenters. The monoisotopic (exact) mass is 342 g/mol. The third-order valence-electron chi connectivity index (χ3n) is 4.85. The van der Waals surface area contributed by atoms with Crippen molar-refractivity contribution in [2.75, 3.05) is 26.2 Å². The number of nitrogens with zero attached hydrogens (tertiary/aromatic N) is 1. The molecule has 0 saturated carbocycles. The molecule has 0 aliphatic carbocycles. The summed E-state index contributed by atoms with van der Waals surface area (Å²) in [6, 6.07) is 8.42. The largest absolute Gasteiger partial charge is 0.353 e. The Morgan fingerprint density at radius 3 is 2.32 bits per heavy atom. The molecule has 0 radical (unpaired) electrons. The fraction of sp³-hybridized carbons (Fsp3) is 0.591. The van der Waals surface area contributed by atoms with Gasteiger partial charge in [-0.3, -0.25) is 4.79 Å². The molecule has 3 heteroatoms. The molecular formula is C22H34N2O. The standard InChI is InChI=1S/C22H34N2O/c1-22(2,3)20-12-9-19(10-13-20)11-14-21(25)23-15-8-18-24-16-6-4-5-7-17-24/h9-14H,4-8,15-18H2,1-3H3,(H,23,25)/b14-11+. The molecular weight excluding hydrogens is 308 g/mol. The van der Waals surface area contributed by atoms with Crippen LogP contribution in [0.25, 0.3) is 6.08 Å². The van der Waals surface area contributed by atoms with Crippen molar-refractivity contribution in [3.05, 3.63) is 41.5 Å². The van der Waals surface area contributed by atoms with Gasteiger partial charge in [0.05, 0.1) is 0 Å². The van der Waals surface area contributed by atoms with Crippen molar-refractivity contribution in [3.8, 4) is 0 Å². The average molecular weight is 343 g/mol. The lowest BCUT2D eigenvalue weighted by Crippen LogP contribution is -2.30. The zero-order chi connectivity index (χ0) is 18.1. The summed E-state index contributed by atoms with van der Waals surface area (Å²) in [5.41, 5.74) is 2.53. The highest BCUT2D eigenvalue weighted by Crippen LogP contribution is 2.22. The summed E-state index contributed by atoms with van der Waals surface area (Å²) < 4.78 is 0. The lowest BCUT2D eigenvalue weighted by molar-refractivity contribution is -0.116. The van der Waals surface area contributed by atoms with E-state index in [0.29, 0.717) is 0 Å².